The van der Waals surface area contributed by atoms with Crippen molar-refractivity contribution in [2.45, 2.75) is 23.7 Å². The summed E-state index contributed by atoms with van der Waals surface area (Å²) in [7, 11) is 1.46. The molecular formula is C6H12O4S. The molecule has 4 atom stereocenters. The molecule has 1 aliphatic heterocycles. The van der Waals surface area contributed by atoms with E-state index in [2.05, 4.69) is 0 Å². The molecule has 1 aliphatic rings. The van der Waals surface area contributed by atoms with E-state index in [0.717, 1.165) is 0 Å². The Morgan fingerprint density at radius 1 is 1.27 bits per heavy atom. The molecule has 1 fully saturated rings. The summed E-state index contributed by atoms with van der Waals surface area (Å²) >= 11 is 1.30. The summed E-state index contributed by atoms with van der Waals surface area (Å²) in [6, 6.07) is 0. The minimum absolute atomic E-state index is 0.400. The molecule has 1 rings (SSSR count). The van der Waals surface area contributed by atoms with Gasteiger partial charge in [0.1, 0.15) is 17.6 Å². The van der Waals surface area contributed by atoms with Gasteiger partial charge in [0, 0.05) is 12.9 Å². The van der Waals surface area contributed by atoms with Crippen LogP contribution in [0.15, 0.2) is 0 Å². The van der Waals surface area contributed by atoms with Crippen molar-refractivity contribution in [2.24, 2.45) is 0 Å². The van der Waals surface area contributed by atoms with Crippen LogP contribution in [0.5, 0.6) is 0 Å². The van der Waals surface area contributed by atoms with Crippen LogP contribution < -0.4 is 0 Å². The topological polar surface area (TPSA) is 69.9 Å². The Labute approximate surface area is 69.2 Å². The Kier molecular flexibility index (Phi) is 3.15. The lowest BCUT2D eigenvalue weighted by molar-refractivity contribution is -0.0911. The fraction of sp³-hybridized carbons (Fsp3) is 1.00. The normalized spacial score (nSPS) is 45.8. The Hall–Kier alpha value is 0.190. The van der Waals surface area contributed by atoms with Gasteiger partial charge in [-0.15, -0.1) is 11.8 Å². The highest BCUT2D eigenvalue weighted by atomic mass is 32.2. The van der Waals surface area contributed by atoms with Crippen LogP contribution >= 0.6 is 11.8 Å². The van der Waals surface area contributed by atoms with E-state index in [1.165, 1.54) is 18.9 Å². The minimum Gasteiger partial charge on any atom is -0.389 e. The molecule has 3 N–H and O–H groups in total. The number of hydrogen-bond acceptors (Lipinski definition) is 5. The Bertz CT molecular complexity index is 130. The zero-order valence-corrected chi connectivity index (χ0v) is 6.99. The van der Waals surface area contributed by atoms with Crippen LogP contribution in [-0.2, 0) is 4.74 Å². The molecular weight excluding hydrogens is 168 g/mol. The van der Waals surface area contributed by atoms with Gasteiger partial charge < -0.3 is 20.1 Å². The van der Waals surface area contributed by atoms with E-state index in [1.54, 1.807) is 0 Å². The molecule has 5 heteroatoms. The van der Waals surface area contributed by atoms with Crippen LogP contribution in [0.25, 0.3) is 0 Å². The van der Waals surface area contributed by atoms with Crippen molar-refractivity contribution in [3.8, 4) is 0 Å². The maximum atomic E-state index is 9.25. The first-order valence-corrected chi connectivity index (χ1v) is 4.40. The Morgan fingerprint density at radius 2 is 1.91 bits per heavy atom. The molecule has 0 spiro atoms. The summed E-state index contributed by atoms with van der Waals surface area (Å²) in [5, 5.41) is 27.5. The zero-order chi connectivity index (χ0) is 8.43. The molecule has 0 aromatic carbocycles. The molecule has 1 saturated heterocycles. The highest BCUT2D eigenvalue weighted by Crippen LogP contribution is 2.26. The molecule has 0 aliphatic carbocycles. The van der Waals surface area contributed by atoms with Gasteiger partial charge in [0.25, 0.3) is 0 Å². The Balaban J connectivity index is 2.52. The molecule has 0 bridgehead atoms. The monoisotopic (exact) mass is 180 g/mol. The van der Waals surface area contributed by atoms with Gasteiger partial charge in [-0.2, -0.15) is 0 Å². The van der Waals surface area contributed by atoms with Crippen molar-refractivity contribution in [2.75, 3.05) is 12.9 Å². The SMILES string of the molecule is COC1SCC(O)C(O)C1O. The molecule has 4 nitrogen and oxygen atoms in total. The van der Waals surface area contributed by atoms with Crippen LogP contribution in [0.4, 0.5) is 0 Å². The summed E-state index contributed by atoms with van der Waals surface area (Å²) in [5.74, 6) is 0.400. The molecule has 11 heavy (non-hydrogen) atoms. The highest BCUT2D eigenvalue weighted by Gasteiger charge is 2.36. The van der Waals surface area contributed by atoms with Gasteiger partial charge in [-0.1, -0.05) is 0 Å². The number of methoxy groups -OCH3 is 1. The van der Waals surface area contributed by atoms with E-state index in [9.17, 15) is 5.11 Å². The zero-order valence-electron chi connectivity index (χ0n) is 6.17. The van der Waals surface area contributed by atoms with Crippen LogP contribution in [0.1, 0.15) is 0 Å². The van der Waals surface area contributed by atoms with Crippen LogP contribution in [0.2, 0.25) is 0 Å². The van der Waals surface area contributed by atoms with Gasteiger partial charge >= 0.3 is 0 Å². The third-order valence-electron chi connectivity index (χ3n) is 1.69. The lowest BCUT2D eigenvalue weighted by Gasteiger charge is -2.33. The van der Waals surface area contributed by atoms with Crippen LogP contribution in [0.3, 0.4) is 0 Å². The van der Waals surface area contributed by atoms with Crippen molar-refractivity contribution < 1.29 is 20.1 Å². The van der Waals surface area contributed by atoms with Crippen molar-refractivity contribution in [3.63, 3.8) is 0 Å². The third kappa shape index (κ3) is 1.86. The number of aliphatic hydroxyl groups excluding tert-OH is 3. The lowest BCUT2D eigenvalue weighted by atomic mass is 10.1. The standard InChI is InChI=1S/C6H12O4S/c1-10-6-5(9)4(8)3(7)2-11-6/h3-9H,2H2,1H3. The summed E-state index contributed by atoms with van der Waals surface area (Å²) in [6.45, 7) is 0. The van der Waals surface area contributed by atoms with E-state index in [4.69, 9.17) is 14.9 Å². The number of aliphatic hydroxyl groups is 3. The fourth-order valence-corrected chi connectivity index (χ4v) is 2.06. The van der Waals surface area contributed by atoms with Gasteiger partial charge in [-0.25, -0.2) is 0 Å². The quantitative estimate of drug-likeness (QED) is 0.472. The molecule has 4 unspecified atom stereocenters. The second-order valence-corrected chi connectivity index (χ2v) is 3.62. The molecule has 66 valence electrons. The van der Waals surface area contributed by atoms with Gasteiger partial charge in [-0.05, 0) is 0 Å². The van der Waals surface area contributed by atoms with Crippen molar-refractivity contribution in [1.82, 2.24) is 0 Å². The van der Waals surface area contributed by atoms with E-state index >= 15 is 0 Å². The largest absolute Gasteiger partial charge is 0.389 e. The van der Waals surface area contributed by atoms with Gasteiger partial charge in [0.15, 0.2) is 0 Å². The predicted octanol–water partition coefficient (Wildman–Crippen LogP) is -1.21. The summed E-state index contributed by atoms with van der Waals surface area (Å²) < 4.78 is 4.86. The first-order chi connectivity index (χ1) is 5.16. The van der Waals surface area contributed by atoms with Crippen LogP contribution in [0, 0.1) is 0 Å². The number of hydrogen-bond donors (Lipinski definition) is 3. The van der Waals surface area contributed by atoms with Gasteiger partial charge in [0.05, 0.1) is 6.10 Å². The fourth-order valence-electron chi connectivity index (χ4n) is 0.987. The van der Waals surface area contributed by atoms with E-state index in [0.29, 0.717) is 5.75 Å². The second kappa shape index (κ2) is 3.73. The van der Waals surface area contributed by atoms with Crippen molar-refractivity contribution in [1.29, 1.82) is 0 Å². The van der Waals surface area contributed by atoms with Crippen molar-refractivity contribution >= 4 is 11.8 Å². The average Bonchev–Trinajstić information content (AvgIpc) is 2.01. The maximum Gasteiger partial charge on any atom is 0.131 e. The van der Waals surface area contributed by atoms with E-state index in [-0.39, 0.29) is 0 Å². The first kappa shape index (κ1) is 9.28. The minimum atomic E-state index is -1.08. The van der Waals surface area contributed by atoms with Gasteiger partial charge in [0.2, 0.25) is 0 Å². The van der Waals surface area contributed by atoms with E-state index < -0.39 is 23.7 Å². The molecule has 0 amide bonds. The summed E-state index contributed by atoms with van der Waals surface area (Å²) in [5.41, 5.74) is -0.423. The lowest BCUT2D eigenvalue weighted by Crippen LogP contribution is -2.49. The molecule has 0 aromatic heterocycles. The highest BCUT2D eigenvalue weighted by molar-refractivity contribution is 7.99. The molecule has 1 heterocycles. The molecule has 0 radical (unpaired) electrons. The first-order valence-electron chi connectivity index (χ1n) is 3.35. The predicted molar refractivity (Wildman–Crippen MR) is 41.3 cm³/mol. The van der Waals surface area contributed by atoms with E-state index in [1.807, 2.05) is 0 Å². The van der Waals surface area contributed by atoms with Gasteiger partial charge in [-0.3, -0.25) is 0 Å². The molecule has 0 saturated carbocycles. The third-order valence-corrected chi connectivity index (χ3v) is 3.02. The Morgan fingerprint density at radius 3 is 2.45 bits per heavy atom. The number of rotatable bonds is 1. The summed E-state index contributed by atoms with van der Waals surface area (Å²) in [4.78, 5) is 0. The molecule has 0 aromatic rings. The summed E-state index contributed by atoms with van der Waals surface area (Å²) in [6.07, 6.45) is -2.92. The number of thioether (sulfide) groups is 1. The maximum absolute atomic E-state index is 9.25. The average molecular weight is 180 g/mol. The number of ether oxygens (including phenoxy) is 1. The second-order valence-electron chi connectivity index (χ2n) is 2.49. The smallest absolute Gasteiger partial charge is 0.131 e. The van der Waals surface area contributed by atoms with Crippen LogP contribution in [-0.4, -0.2) is 51.9 Å². The van der Waals surface area contributed by atoms with Crippen molar-refractivity contribution in [3.05, 3.63) is 0 Å².